The first kappa shape index (κ1) is 12.5. The number of nitrogens with one attached hydrogen (secondary N) is 1. The van der Waals surface area contributed by atoms with Crippen molar-refractivity contribution in [3.05, 3.63) is 42.1 Å². The van der Waals surface area contributed by atoms with E-state index in [1.165, 1.54) is 0 Å². The van der Waals surface area contributed by atoms with Crippen LogP contribution in [-0.2, 0) is 20.1 Å². The van der Waals surface area contributed by atoms with Crippen molar-refractivity contribution in [2.45, 2.75) is 13.1 Å². The van der Waals surface area contributed by atoms with Gasteiger partial charge in [-0.1, -0.05) is 6.07 Å². The molecule has 18 heavy (non-hydrogen) atoms. The Bertz CT molecular complexity index is 490. The third-order valence-corrected chi connectivity index (χ3v) is 2.76. The molecule has 3 N–H and O–H groups in total. The van der Waals surface area contributed by atoms with Crippen LogP contribution >= 0.6 is 0 Å². The number of aryl methyl sites for hydroxylation is 1. The topological polar surface area (TPSA) is 72.0 Å². The van der Waals surface area contributed by atoms with E-state index in [0.29, 0.717) is 5.82 Å². The molecule has 2 aromatic heterocycles. The van der Waals surface area contributed by atoms with Gasteiger partial charge in [-0.3, -0.25) is 4.90 Å². The minimum atomic E-state index is 0.672. The first-order chi connectivity index (χ1) is 8.69. The Kier molecular flexibility index (Phi) is 3.91. The minimum Gasteiger partial charge on any atom is -0.337 e. The summed E-state index contributed by atoms with van der Waals surface area (Å²) < 4.78 is 2.02. The molecule has 0 amide bonds. The molecular weight excluding hydrogens is 228 g/mol. The summed E-state index contributed by atoms with van der Waals surface area (Å²) in [7, 11) is 4.06. The molecule has 0 aliphatic heterocycles. The molecular formula is C12H18N6. The second-order valence-electron chi connectivity index (χ2n) is 4.32. The third-order valence-electron chi connectivity index (χ3n) is 2.76. The smallest absolute Gasteiger partial charge is 0.139 e. The fourth-order valence-corrected chi connectivity index (χ4v) is 1.76. The fourth-order valence-electron chi connectivity index (χ4n) is 1.76. The Morgan fingerprint density at radius 3 is 2.72 bits per heavy atom. The van der Waals surface area contributed by atoms with Crippen LogP contribution in [0.1, 0.15) is 11.4 Å². The van der Waals surface area contributed by atoms with Gasteiger partial charge in [-0.15, -0.1) is 0 Å². The van der Waals surface area contributed by atoms with Crippen molar-refractivity contribution in [2.75, 3.05) is 12.5 Å². The average Bonchev–Trinajstić information content (AvgIpc) is 2.76. The van der Waals surface area contributed by atoms with Crippen LogP contribution in [0.5, 0.6) is 0 Å². The van der Waals surface area contributed by atoms with Crippen molar-refractivity contribution in [3.8, 4) is 0 Å². The predicted octanol–water partition coefficient (Wildman–Crippen LogP) is 0.733. The highest BCUT2D eigenvalue weighted by Gasteiger charge is 2.05. The van der Waals surface area contributed by atoms with Crippen LogP contribution in [0.2, 0.25) is 0 Å². The maximum Gasteiger partial charge on any atom is 0.139 e. The van der Waals surface area contributed by atoms with Crippen molar-refractivity contribution in [1.29, 1.82) is 0 Å². The van der Waals surface area contributed by atoms with Crippen molar-refractivity contribution in [1.82, 2.24) is 19.4 Å². The number of hydrazine groups is 1. The molecule has 2 aromatic rings. The van der Waals surface area contributed by atoms with Crippen LogP contribution in [0.15, 0.2) is 30.7 Å². The van der Waals surface area contributed by atoms with Crippen LogP contribution in [0.4, 0.5) is 5.82 Å². The normalized spacial score (nSPS) is 10.9. The number of hydrogen-bond donors (Lipinski definition) is 2. The van der Waals surface area contributed by atoms with Gasteiger partial charge in [0.15, 0.2) is 0 Å². The number of nitrogens with two attached hydrogens (primary N) is 1. The van der Waals surface area contributed by atoms with Gasteiger partial charge < -0.3 is 9.99 Å². The van der Waals surface area contributed by atoms with E-state index in [9.17, 15) is 0 Å². The van der Waals surface area contributed by atoms with Gasteiger partial charge in [-0.25, -0.2) is 15.8 Å². The summed E-state index contributed by atoms with van der Waals surface area (Å²) in [5.74, 6) is 6.99. The predicted molar refractivity (Wildman–Crippen MR) is 70.4 cm³/mol. The largest absolute Gasteiger partial charge is 0.337 e. The monoisotopic (exact) mass is 246 g/mol. The molecule has 0 aliphatic carbocycles. The van der Waals surface area contributed by atoms with E-state index >= 15 is 0 Å². The number of aromatic nitrogens is 3. The highest BCUT2D eigenvalue weighted by molar-refractivity contribution is 5.33. The minimum absolute atomic E-state index is 0.672. The zero-order valence-electron chi connectivity index (χ0n) is 10.7. The van der Waals surface area contributed by atoms with Crippen molar-refractivity contribution in [3.63, 3.8) is 0 Å². The van der Waals surface area contributed by atoms with E-state index in [1.807, 2.05) is 42.3 Å². The van der Waals surface area contributed by atoms with Gasteiger partial charge in [0, 0.05) is 32.2 Å². The second kappa shape index (κ2) is 5.61. The van der Waals surface area contributed by atoms with Gasteiger partial charge in [-0.05, 0) is 18.7 Å². The van der Waals surface area contributed by atoms with Crippen molar-refractivity contribution < 1.29 is 0 Å². The molecule has 2 heterocycles. The van der Waals surface area contributed by atoms with E-state index in [-0.39, 0.29) is 0 Å². The maximum atomic E-state index is 5.27. The molecule has 0 atom stereocenters. The molecule has 0 aromatic carbocycles. The van der Waals surface area contributed by atoms with Gasteiger partial charge >= 0.3 is 0 Å². The second-order valence-corrected chi connectivity index (χ2v) is 4.32. The number of nitrogen functional groups attached to an aromatic ring is 1. The number of rotatable bonds is 5. The quantitative estimate of drug-likeness (QED) is 0.601. The number of nitrogens with zero attached hydrogens (tertiary/aromatic N) is 4. The Morgan fingerprint density at radius 1 is 1.33 bits per heavy atom. The molecule has 6 nitrogen and oxygen atoms in total. The van der Waals surface area contributed by atoms with Crippen molar-refractivity contribution >= 4 is 5.82 Å². The zero-order valence-corrected chi connectivity index (χ0v) is 10.7. The fraction of sp³-hybridized carbons (Fsp3) is 0.333. The maximum absolute atomic E-state index is 5.27. The average molecular weight is 246 g/mol. The molecule has 0 saturated carbocycles. The Labute approximate surface area is 106 Å². The summed E-state index contributed by atoms with van der Waals surface area (Å²) in [6.07, 6.45) is 5.59. The Hall–Kier alpha value is -1.92. The lowest BCUT2D eigenvalue weighted by Crippen LogP contribution is -2.19. The van der Waals surface area contributed by atoms with E-state index in [2.05, 4.69) is 27.3 Å². The van der Waals surface area contributed by atoms with Crippen molar-refractivity contribution in [2.24, 2.45) is 12.9 Å². The zero-order chi connectivity index (χ0) is 13.0. The highest BCUT2D eigenvalue weighted by atomic mass is 15.2. The van der Waals surface area contributed by atoms with E-state index in [4.69, 9.17) is 5.84 Å². The van der Waals surface area contributed by atoms with Gasteiger partial charge in [0.25, 0.3) is 0 Å². The molecule has 6 heteroatoms. The molecule has 0 radical (unpaired) electrons. The molecule has 96 valence electrons. The summed E-state index contributed by atoms with van der Waals surface area (Å²) in [5, 5.41) is 0. The van der Waals surface area contributed by atoms with E-state index < -0.39 is 0 Å². The summed E-state index contributed by atoms with van der Waals surface area (Å²) >= 11 is 0. The van der Waals surface area contributed by atoms with E-state index in [0.717, 1.165) is 24.5 Å². The molecule has 0 saturated heterocycles. The summed E-state index contributed by atoms with van der Waals surface area (Å²) in [5.41, 5.74) is 3.66. The first-order valence-corrected chi connectivity index (χ1v) is 5.75. The van der Waals surface area contributed by atoms with Crippen LogP contribution in [-0.4, -0.2) is 26.5 Å². The Balaban J connectivity index is 1.94. The van der Waals surface area contributed by atoms with Gasteiger partial charge in [-0.2, -0.15) is 0 Å². The Morgan fingerprint density at radius 2 is 2.17 bits per heavy atom. The lowest BCUT2D eigenvalue weighted by Gasteiger charge is -2.16. The number of hydrogen-bond acceptors (Lipinski definition) is 5. The standard InChI is InChI=1S/C12H18N6/c1-17(9-12-14-5-6-18(12)2)8-10-3-4-11(16-13)15-7-10/h3-7H,8-9,13H2,1-2H3,(H,15,16). The van der Waals surface area contributed by atoms with Gasteiger partial charge in [0.1, 0.15) is 11.6 Å². The summed E-state index contributed by atoms with van der Waals surface area (Å²) in [6, 6.07) is 3.88. The number of imidazole rings is 1. The number of anilines is 1. The molecule has 0 bridgehead atoms. The molecule has 0 unspecified atom stereocenters. The lowest BCUT2D eigenvalue weighted by molar-refractivity contribution is 0.307. The van der Waals surface area contributed by atoms with E-state index in [1.54, 1.807) is 0 Å². The van der Waals surface area contributed by atoms with Gasteiger partial charge in [0.2, 0.25) is 0 Å². The van der Waals surface area contributed by atoms with Crippen LogP contribution in [0.3, 0.4) is 0 Å². The lowest BCUT2D eigenvalue weighted by atomic mass is 10.2. The van der Waals surface area contributed by atoms with Crippen LogP contribution in [0.25, 0.3) is 0 Å². The van der Waals surface area contributed by atoms with Crippen LogP contribution in [0, 0.1) is 0 Å². The highest BCUT2D eigenvalue weighted by Crippen LogP contribution is 2.08. The molecule has 0 spiro atoms. The van der Waals surface area contributed by atoms with Gasteiger partial charge in [0.05, 0.1) is 6.54 Å². The van der Waals surface area contributed by atoms with Crippen LogP contribution < -0.4 is 11.3 Å². The SMILES string of the molecule is CN(Cc1ccc(NN)nc1)Cc1nccn1C. The number of pyridine rings is 1. The summed E-state index contributed by atoms with van der Waals surface area (Å²) in [4.78, 5) is 10.7. The molecule has 0 fully saturated rings. The molecule has 0 aliphatic rings. The molecule has 2 rings (SSSR count). The third kappa shape index (κ3) is 3.06. The first-order valence-electron chi connectivity index (χ1n) is 5.75. The summed E-state index contributed by atoms with van der Waals surface area (Å²) in [6.45, 7) is 1.63.